The van der Waals surface area contributed by atoms with Crippen LogP contribution in [0.25, 0.3) is 5.57 Å². The molecule has 1 fully saturated rings. The van der Waals surface area contributed by atoms with Gasteiger partial charge in [0.15, 0.2) is 0 Å². The average molecular weight is 526 g/mol. The molecule has 10 nitrogen and oxygen atoms in total. The first-order valence-corrected chi connectivity index (χ1v) is 13.7. The molecule has 12 heteroatoms. The number of aliphatic hydroxyl groups is 1. The van der Waals surface area contributed by atoms with Crippen LogP contribution in [-0.2, 0) is 28.8 Å². The average Bonchev–Trinajstić information content (AvgIpc) is 3.21. The van der Waals surface area contributed by atoms with Crippen molar-refractivity contribution >= 4 is 39.0 Å². The molecule has 0 bridgehead atoms. The van der Waals surface area contributed by atoms with Gasteiger partial charge in [0.05, 0.1) is 40.8 Å². The Morgan fingerprint density at radius 1 is 1.42 bits per heavy atom. The van der Waals surface area contributed by atoms with Crippen molar-refractivity contribution in [3.63, 3.8) is 0 Å². The first-order chi connectivity index (χ1) is 17.1. The van der Waals surface area contributed by atoms with Gasteiger partial charge < -0.3 is 19.9 Å². The van der Waals surface area contributed by atoms with Crippen molar-refractivity contribution in [2.75, 3.05) is 42.6 Å². The van der Waals surface area contributed by atoms with Gasteiger partial charge in [-0.25, -0.2) is 17.8 Å². The van der Waals surface area contributed by atoms with E-state index in [1.165, 1.54) is 17.9 Å². The number of ether oxygens (including phenoxy) is 2. The number of esters is 1. The Labute approximate surface area is 210 Å². The Kier molecular flexibility index (Phi) is 9.43. The van der Waals surface area contributed by atoms with Gasteiger partial charge in [-0.15, -0.1) is 0 Å². The lowest BCUT2D eigenvalue weighted by Crippen LogP contribution is -2.33. The van der Waals surface area contributed by atoms with Crippen molar-refractivity contribution < 1.29 is 37.6 Å². The highest BCUT2D eigenvalue weighted by molar-refractivity contribution is 7.93. The van der Waals surface area contributed by atoms with Crippen molar-refractivity contribution in [3.8, 4) is 0 Å². The van der Waals surface area contributed by atoms with Crippen molar-refractivity contribution in [1.82, 2.24) is 5.32 Å². The zero-order chi connectivity index (χ0) is 26.3. The smallest absolute Gasteiger partial charge is 0.414 e. The summed E-state index contributed by atoms with van der Waals surface area (Å²) in [5.41, 5.74) is 1.38. The number of rotatable bonds is 10. The van der Waals surface area contributed by atoms with E-state index in [0.717, 1.165) is 0 Å². The van der Waals surface area contributed by atoms with Crippen LogP contribution in [-0.4, -0.2) is 77.2 Å². The number of cyclic esters (lactones) is 1. The second-order valence-corrected chi connectivity index (χ2v) is 11.3. The minimum absolute atomic E-state index is 0.112. The number of nitrogens with zero attached hydrogens (tertiary/aromatic N) is 2. The lowest BCUT2D eigenvalue weighted by atomic mass is 10.0. The molecule has 198 valence electrons. The molecule has 2 aliphatic rings. The maximum absolute atomic E-state index is 15.0. The largest absolute Gasteiger partial charge is 0.463 e. The van der Waals surface area contributed by atoms with E-state index in [4.69, 9.17) is 9.47 Å². The predicted molar refractivity (Wildman–Crippen MR) is 132 cm³/mol. The van der Waals surface area contributed by atoms with Gasteiger partial charge in [0, 0.05) is 24.7 Å². The lowest BCUT2D eigenvalue weighted by molar-refractivity contribution is -0.146. The van der Waals surface area contributed by atoms with Gasteiger partial charge in [0.25, 0.3) is 0 Å². The van der Waals surface area contributed by atoms with Gasteiger partial charge in [-0.3, -0.25) is 14.5 Å². The van der Waals surface area contributed by atoms with E-state index in [-0.39, 0.29) is 50.1 Å². The molecule has 1 unspecified atom stereocenters. The Morgan fingerprint density at radius 2 is 2.19 bits per heavy atom. The monoisotopic (exact) mass is 525 g/mol. The van der Waals surface area contributed by atoms with E-state index in [1.54, 1.807) is 18.2 Å². The molecule has 1 aromatic carbocycles. The van der Waals surface area contributed by atoms with Crippen LogP contribution in [0.15, 0.2) is 28.6 Å². The first-order valence-electron chi connectivity index (χ1n) is 11.8. The standard InChI is InChI=1S/C24H32FN3O7S/c1-3-4-23(31)34-15-19(30)12-27-36(33)9-7-17(8-10-36)21-6-5-18(11-22(21)25)28-14-20(35-24(28)32)13-26-16(2)29/h5-7,11,19-20,30H,3-4,8-10,12-15H2,1-2H3,(H,26,29)/t19-,20+,36?/m0/s1. The molecule has 0 radical (unpaired) electrons. The van der Waals surface area contributed by atoms with Gasteiger partial charge in [0.2, 0.25) is 5.91 Å². The predicted octanol–water partition coefficient (Wildman–Crippen LogP) is 2.25. The Morgan fingerprint density at radius 3 is 2.83 bits per heavy atom. The maximum atomic E-state index is 15.0. The molecule has 2 amide bonds. The minimum Gasteiger partial charge on any atom is -0.463 e. The molecule has 2 aliphatic heterocycles. The molecule has 2 heterocycles. The third-order valence-electron chi connectivity index (χ3n) is 5.75. The minimum atomic E-state index is -2.61. The molecule has 3 rings (SSSR count). The number of anilines is 1. The highest BCUT2D eigenvalue weighted by Gasteiger charge is 2.33. The number of nitrogens with one attached hydrogen (secondary N) is 1. The van der Waals surface area contributed by atoms with Crippen LogP contribution in [0, 0.1) is 5.82 Å². The topological polar surface area (TPSA) is 135 Å². The molecule has 36 heavy (non-hydrogen) atoms. The zero-order valence-electron chi connectivity index (χ0n) is 20.4. The van der Waals surface area contributed by atoms with Crippen LogP contribution in [0.3, 0.4) is 0 Å². The van der Waals surface area contributed by atoms with Crippen LogP contribution < -0.4 is 10.2 Å². The van der Waals surface area contributed by atoms with E-state index in [2.05, 4.69) is 9.68 Å². The van der Waals surface area contributed by atoms with Gasteiger partial charge >= 0.3 is 12.1 Å². The van der Waals surface area contributed by atoms with E-state index < -0.39 is 39.8 Å². The molecule has 0 aromatic heterocycles. The Balaban J connectivity index is 1.60. The molecule has 0 spiro atoms. The second kappa shape index (κ2) is 12.3. The van der Waals surface area contributed by atoms with E-state index in [0.29, 0.717) is 29.7 Å². The summed E-state index contributed by atoms with van der Waals surface area (Å²) in [6.45, 7) is 3.27. The van der Waals surface area contributed by atoms with Gasteiger partial charge in [-0.2, -0.15) is 0 Å². The van der Waals surface area contributed by atoms with Gasteiger partial charge in [0.1, 0.15) is 24.6 Å². The number of carbonyl (C=O) groups excluding carboxylic acids is 3. The van der Waals surface area contributed by atoms with Crippen molar-refractivity contribution in [3.05, 3.63) is 35.7 Å². The molecular formula is C24H32FN3O7S. The number of aliphatic hydroxyl groups excluding tert-OH is 1. The summed E-state index contributed by atoms with van der Waals surface area (Å²) in [5.74, 6) is -0.820. The molecule has 3 atom stereocenters. The number of allylic oxidation sites excluding steroid dienone is 1. The lowest BCUT2D eigenvalue weighted by Gasteiger charge is -2.20. The van der Waals surface area contributed by atoms with Crippen molar-refractivity contribution in [2.45, 2.75) is 45.3 Å². The van der Waals surface area contributed by atoms with Crippen LogP contribution in [0.5, 0.6) is 0 Å². The molecule has 2 N–H and O–H groups in total. The summed E-state index contributed by atoms with van der Waals surface area (Å²) in [4.78, 5) is 36.0. The fourth-order valence-electron chi connectivity index (χ4n) is 3.82. The van der Waals surface area contributed by atoms with Crippen LogP contribution in [0.2, 0.25) is 0 Å². The summed E-state index contributed by atoms with van der Waals surface area (Å²) in [6, 6.07) is 4.45. The zero-order valence-corrected chi connectivity index (χ0v) is 21.2. The number of amides is 2. The summed E-state index contributed by atoms with van der Waals surface area (Å²) in [6.07, 6.45) is 0.777. The Hall–Kier alpha value is -2.99. The van der Waals surface area contributed by atoms with Crippen LogP contribution in [0.1, 0.15) is 38.7 Å². The molecule has 1 aromatic rings. The Bertz CT molecular complexity index is 1150. The summed E-state index contributed by atoms with van der Waals surface area (Å²) >= 11 is 0. The highest BCUT2D eigenvalue weighted by Crippen LogP contribution is 2.30. The molecule has 0 saturated carbocycles. The van der Waals surface area contributed by atoms with E-state index in [9.17, 15) is 28.1 Å². The number of carbonyl (C=O) groups is 3. The fraction of sp³-hybridized carbons (Fsp3) is 0.542. The molecule has 0 aliphatic carbocycles. The fourth-order valence-corrected chi connectivity index (χ4v) is 5.66. The summed E-state index contributed by atoms with van der Waals surface area (Å²) < 4.78 is 42.3. The number of halogens is 1. The molecule has 1 saturated heterocycles. The SMILES string of the molecule is CCCC(=O)OC[C@@H](O)CN=S1(=O)CC=C(c2ccc(N3C[C@@H](CNC(C)=O)OC3=O)cc2F)CC1. The maximum Gasteiger partial charge on any atom is 0.414 e. The third kappa shape index (κ3) is 7.50. The van der Waals surface area contributed by atoms with Crippen molar-refractivity contribution in [1.29, 1.82) is 0 Å². The van der Waals surface area contributed by atoms with E-state index >= 15 is 0 Å². The van der Waals surface area contributed by atoms with Crippen molar-refractivity contribution in [2.24, 2.45) is 4.36 Å². The second-order valence-electron chi connectivity index (χ2n) is 8.74. The molecular weight excluding hydrogens is 493 g/mol. The third-order valence-corrected chi connectivity index (χ3v) is 7.90. The van der Waals surface area contributed by atoms with Gasteiger partial charge in [-0.1, -0.05) is 13.0 Å². The van der Waals surface area contributed by atoms with Gasteiger partial charge in [-0.05, 0) is 36.6 Å². The van der Waals surface area contributed by atoms with E-state index in [1.807, 2.05) is 6.92 Å². The highest BCUT2D eigenvalue weighted by atomic mass is 32.2. The van der Waals surface area contributed by atoms with Crippen LogP contribution in [0.4, 0.5) is 14.9 Å². The number of hydrogen-bond acceptors (Lipinski definition) is 8. The number of hydrogen-bond donors (Lipinski definition) is 2. The quantitative estimate of drug-likeness (QED) is 0.448. The normalized spacial score (nSPS) is 22.4. The number of benzene rings is 1. The van der Waals surface area contributed by atoms with Crippen LogP contribution >= 0.6 is 0 Å². The summed E-state index contributed by atoms with van der Waals surface area (Å²) in [5, 5.41) is 12.6. The first kappa shape index (κ1) is 27.6. The summed E-state index contributed by atoms with van der Waals surface area (Å²) in [7, 11) is -2.61.